The van der Waals surface area contributed by atoms with E-state index in [9.17, 15) is 4.79 Å². The average Bonchev–Trinajstić information content (AvgIpc) is 3.20. The van der Waals surface area contributed by atoms with Crippen molar-refractivity contribution in [3.05, 3.63) is 60.2 Å². The van der Waals surface area contributed by atoms with Gasteiger partial charge in [-0.2, -0.15) is 5.10 Å². The predicted molar refractivity (Wildman–Crippen MR) is 83.1 cm³/mol. The van der Waals surface area contributed by atoms with Gasteiger partial charge in [0.2, 0.25) is 0 Å². The molecule has 2 aromatic rings. The molecular formula is C16H19N5O. The molecule has 0 saturated carbocycles. The van der Waals surface area contributed by atoms with Gasteiger partial charge in [-0.05, 0) is 24.0 Å². The Balaban J connectivity index is 1.45. The lowest BCUT2D eigenvalue weighted by Crippen LogP contribution is -2.40. The summed E-state index contributed by atoms with van der Waals surface area (Å²) in [5, 5.41) is 9.92. The Hall–Kier alpha value is -2.63. The zero-order valence-corrected chi connectivity index (χ0v) is 12.3. The van der Waals surface area contributed by atoms with E-state index >= 15 is 0 Å². The number of nitrogens with zero attached hydrogens (tertiary/aromatic N) is 3. The first-order valence-electron chi connectivity index (χ1n) is 7.39. The van der Waals surface area contributed by atoms with Crippen LogP contribution in [0.15, 0.2) is 49.1 Å². The van der Waals surface area contributed by atoms with Gasteiger partial charge in [0, 0.05) is 12.6 Å². The van der Waals surface area contributed by atoms with Crippen LogP contribution in [0.1, 0.15) is 24.0 Å². The van der Waals surface area contributed by atoms with Crippen LogP contribution in [-0.4, -0.2) is 26.8 Å². The largest absolute Gasteiger partial charge is 0.335 e. The van der Waals surface area contributed by atoms with Gasteiger partial charge in [-0.3, -0.25) is 0 Å². The summed E-state index contributed by atoms with van der Waals surface area (Å²) < 4.78 is 1.77. The van der Waals surface area contributed by atoms with Crippen LogP contribution in [-0.2, 0) is 13.1 Å². The first-order valence-corrected chi connectivity index (χ1v) is 7.39. The fourth-order valence-corrected chi connectivity index (χ4v) is 2.42. The van der Waals surface area contributed by atoms with E-state index in [1.165, 1.54) is 6.33 Å². The summed E-state index contributed by atoms with van der Waals surface area (Å²) in [5.41, 5.74) is 2.22. The minimum Gasteiger partial charge on any atom is -0.335 e. The van der Waals surface area contributed by atoms with E-state index < -0.39 is 0 Å². The highest BCUT2D eigenvalue weighted by atomic mass is 16.2. The lowest BCUT2D eigenvalue weighted by Gasteiger charge is -2.13. The highest BCUT2D eigenvalue weighted by molar-refractivity contribution is 5.74. The number of hydrogen-bond donors (Lipinski definition) is 2. The number of urea groups is 1. The van der Waals surface area contributed by atoms with E-state index in [-0.39, 0.29) is 12.1 Å². The molecule has 0 radical (unpaired) electrons. The first-order chi connectivity index (χ1) is 10.8. The summed E-state index contributed by atoms with van der Waals surface area (Å²) in [7, 11) is 0. The summed E-state index contributed by atoms with van der Waals surface area (Å²) in [6, 6.07) is 8.24. The standard InChI is InChI=1S/C16H19N5O/c22-16(20-15-3-1-2-4-15)18-9-13-5-7-14(8-6-13)10-21-12-17-11-19-21/h1-2,5-8,11-12,15H,3-4,9-10H2,(H2,18,20,22). The number of carbonyl (C=O) groups is 1. The smallest absolute Gasteiger partial charge is 0.315 e. The third-order valence-corrected chi connectivity index (χ3v) is 3.63. The van der Waals surface area contributed by atoms with Crippen LogP contribution >= 0.6 is 0 Å². The summed E-state index contributed by atoms with van der Waals surface area (Å²) in [6.07, 6.45) is 9.25. The van der Waals surface area contributed by atoms with E-state index in [1.54, 1.807) is 11.0 Å². The number of aromatic nitrogens is 3. The van der Waals surface area contributed by atoms with Gasteiger partial charge in [-0.25, -0.2) is 14.5 Å². The molecule has 1 aromatic heterocycles. The molecular weight excluding hydrogens is 278 g/mol. The summed E-state index contributed by atoms with van der Waals surface area (Å²) in [5.74, 6) is 0. The van der Waals surface area contributed by atoms with Crippen LogP contribution in [0.5, 0.6) is 0 Å². The Bertz CT molecular complexity index is 625. The Kier molecular flexibility index (Phi) is 4.48. The first kappa shape index (κ1) is 14.3. The van der Waals surface area contributed by atoms with Crippen LogP contribution in [0.25, 0.3) is 0 Å². The lowest BCUT2D eigenvalue weighted by atomic mass is 10.1. The number of rotatable bonds is 5. The van der Waals surface area contributed by atoms with Gasteiger partial charge in [0.15, 0.2) is 0 Å². The maximum absolute atomic E-state index is 11.8. The van der Waals surface area contributed by atoms with Crippen molar-refractivity contribution < 1.29 is 4.79 Å². The highest BCUT2D eigenvalue weighted by Crippen LogP contribution is 2.09. The Morgan fingerprint density at radius 1 is 1.18 bits per heavy atom. The molecule has 0 aliphatic heterocycles. The summed E-state index contributed by atoms with van der Waals surface area (Å²) in [4.78, 5) is 15.7. The number of nitrogens with one attached hydrogen (secondary N) is 2. The minimum absolute atomic E-state index is 0.111. The molecule has 0 bridgehead atoms. The van der Waals surface area contributed by atoms with Crippen molar-refractivity contribution in [1.82, 2.24) is 25.4 Å². The second kappa shape index (κ2) is 6.89. The zero-order chi connectivity index (χ0) is 15.2. The molecule has 22 heavy (non-hydrogen) atoms. The molecule has 114 valence electrons. The van der Waals surface area contributed by atoms with Crippen molar-refractivity contribution in [1.29, 1.82) is 0 Å². The van der Waals surface area contributed by atoms with Gasteiger partial charge in [-0.15, -0.1) is 0 Å². The van der Waals surface area contributed by atoms with Gasteiger partial charge >= 0.3 is 6.03 Å². The Morgan fingerprint density at radius 2 is 1.91 bits per heavy atom. The summed E-state index contributed by atoms with van der Waals surface area (Å²) >= 11 is 0. The maximum atomic E-state index is 11.8. The molecule has 1 aromatic carbocycles. The molecule has 0 fully saturated rings. The zero-order valence-electron chi connectivity index (χ0n) is 12.3. The van der Waals surface area contributed by atoms with E-state index in [0.717, 1.165) is 24.0 Å². The van der Waals surface area contributed by atoms with Gasteiger partial charge < -0.3 is 10.6 Å². The van der Waals surface area contributed by atoms with Crippen LogP contribution < -0.4 is 10.6 Å². The number of carbonyl (C=O) groups excluding carboxylic acids is 1. The van der Waals surface area contributed by atoms with Gasteiger partial charge in [-0.1, -0.05) is 36.4 Å². The molecule has 0 atom stereocenters. The van der Waals surface area contributed by atoms with Crippen LogP contribution in [0, 0.1) is 0 Å². The van der Waals surface area contributed by atoms with Crippen LogP contribution in [0.2, 0.25) is 0 Å². The average molecular weight is 297 g/mol. The van der Waals surface area contributed by atoms with Crippen molar-refractivity contribution in [3.8, 4) is 0 Å². The topological polar surface area (TPSA) is 71.8 Å². The quantitative estimate of drug-likeness (QED) is 0.827. The fraction of sp³-hybridized carbons (Fsp3) is 0.312. The molecule has 2 amide bonds. The third kappa shape index (κ3) is 3.94. The molecule has 1 aliphatic rings. The Labute approximate surface area is 129 Å². The molecule has 6 heteroatoms. The number of amides is 2. The Morgan fingerprint density at radius 3 is 2.59 bits per heavy atom. The van der Waals surface area contributed by atoms with E-state index in [0.29, 0.717) is 13.1 Å². The van der Waals surface area contributed by atoms with Crippen molar-refractivity contribution in [2.24, 2.45) is 0 Å². The number of benzene rings is 1. The van der Waals surface area contributed by atoms with Gasteiger partial charge in [0.05, 0.1) is 6.54 Å². The molecule has 0 saturated heterocycles. The van der Waals surface area contributed by atoms with E-state index in [4.69, 9.17) is 0 Å². The predicted octanol–water partition coefficient (Wildman–Crippen LogP) is 1.84. The molecule has 6 nitrogen and oxygen atoms in total. The van der Waals surface area contributed by atoms with Crippen LogP contribution in [0.3, 0.4) is 0 Å². The van der Waals surface area contributed by atoms with Gasteiger partial charge in [0.1, 0.15) is 12.7 Å². The monoisotopic (exact) mass is 297 g/mol. The van der Waals surface area contributed by atoms with Crippen molar-refractivity contribution in [2.45, 2.75) is 32.0 Å². The van der Waals surface area contributed by atoms with Crippen LogP contribution in [0.4, 0.5) is 4.79 Å². The SMILES string of the molecule is O=C(NCc1ccc(Cn2cncn2)cc1)NC1CC=CC1. The lowest BCUT2D eigenvalue weighted by molar-refractivity contribution is 0.237. The molecule has 2 N–H and O–H groups in total. The molecule has 1 heterocycles. The van der Waals surface area contributed by atoms with E-state index in [1.807, 2.05) is 24.3 Å². The second-order valence-corrected chi connectivity index (χ2v) is 5.38. The van der Waals surface area contributed by atoms with Crippen molar-refractivity contribution in [3.63, 3.8) is 0 Å². The highest BCUT2D eigenvalue weighted by Gasteiger charge is 2.12. The van der Waals surface area contributed by atoms with Crippen molar-refractivity contribution >= 4 is 6.03 Å². The molecule has 1 aliphatic carbocycles. The summed E-state index contributed by atoms with van der Waals surface area (Å²) in [6.45, 7) is 1.22. The third-order valence-electron chi connectivity index (χ3n) is 3.63. The second-order valence-electron chi connectivity index (χ2n) is 5.38. The minimum atomic E-state index is -0.111. The number of hydrogen-bond acceptors (Lipinski definition) is 3. The molecule has 0 spiro atoms. The van der Waals surface area contributed by atoms with E-state index in [2.05, 4.69) is 32.9 Å². The fourth-order valence-electron chi connectivity index (χ4n) is 2.42. The van der Waals surface area contributed by atoms with Crippen molar-refractivity contribution in [2.75, 3.05) is 0 Å². The normalized spacial score (nSPS) is 14.2. The molecule has 0 unspecified atom stereocenters. The van der Waals surface area contributed by atoms with Gasteiger partial charge in [0.25, 0.3) is 0 Å². The maximum Gasteiger partial charge on any atom is 0.315 e. The molecule has 3 rings (SSSR count).